The van der Waals surface area contributed by atoms with Crippen molar-refractivity contribution in [3.63, 3.8) is 0 Å². The second-order valence-electron chi connectivity index (χ2n) is 6.83. The van der Waals surface area contributed by atoms with Gasteiger partial charge in [0.2, 0.25) is 0 Å². The van der Waals surface area contributed by atoms with E-state index in [-0.39, 0.29) is 45.7 Å². The smallest absolute Gasteiger partial charge is 0.308 e. The molecule has 5 unspecified atom stereocenters. The lowest BCUT2D eigenvalue weighted by Crippen LogP contribution is -2.33. The Balaban J connectivity index is 4.41. The first-order chi connectivity index (χ1) is 13.5. The Kier molecular flexibility index (Phi) is 14.2. The van der Waals surface area contributed by atoms with Crippen molar-refractivity contribution in [3.05, 3.63) is 0 Å². The van der Waals surface area contributed by atoms with Crippen LogP contribution in [0.25, 0.3) is 0 Å². The molecule has 5 atom stereocenters. The van der Waals surface area contributed by atoms with Crippen LogP contribution >= 0.6 is 0 Å². The summed E-state index contributed by atoms with van der Waals surface area (Å²) in [5.41, 5.74) is 0. The van der Waals surface area contributed by atoms with Crippen LogP contribution in [0.15, 0.2) is 0 Å². The largest absolute Gasteiger partial charge is 0.463 e. The van der Waals surface area contributed by atoms with Crippen LogP contribution in [-0.2, 0) is 33.3 Å². The maximum Gasteiger partial charge on any atom is 0.308 e. The van der Waals surface area contributed by atoms with Crippen LogP contribution in [0.2, 0.25) is 0 Å². The lowest BCUT2D eigenvalue weighted by atomic mass is 10.3. The van der Waals surface area contributed by atoms with E-state index in [1.54, 1.807) is 0 Å². The molecular formula is C18H32O11. The summed E-state index contributed by atoms with van der Waals surface area (Å²) in [5, 5.41) is 37.2. The highest BCUT2D eigenvalue weighted by atomic mass is 16.6. The molecule has 0 radical (unpaired) electrons. The number of esters is 3. The van der Waals surface area contributed by atoms with Crippen LogP contribution in [0, 0.1) is 0 Å². The van der Waals surface area contributed by atoms with Gasteiger partial charge in [-0.25, -0.2) is 0 Å². The fourth-order valence-corrected chi connectivity index (χ4v) is 1.95. The molecule has 0 heterocycles. The first-order valence-electron chi connectivity index (χ1n) is 9.30. The molecule has 11 heteroatoms. The third kappa shape index (κ3) is 16.8. The van der Waals surface area contributed by atoms with E-state index in [0.717, 1.165) is 0 Å². The molecule has 0 aromatic heterocycles. The monoisotopic (exact) mass is 424 g/mol. The third-order valence-corrected chi connectivity index (χ3v) is 3.17. The van der Waals surface area contributed by atoms with Crippen molar-refractivity contribution in [2.24, 2.45) is 0 Å². The molecule has 0 aliphatic rings. The molecule has 0 aromatic rings. The van der Waals surface area contributed by atoms with Gasteiger partial charge in [-0.3, -0.25) is 14.4 Å². The Morgan fingerprint density at radius 1 is 0.655 bits per heavy atom. The zero-order valence-corrected chi connectivity index (χ0v) is 17.0. The number of aliphatic hydroxyl groups is 4. The summed E-state index contributed by atoms with van der Waals surface area (Å²) in [4.78, 5) is 34.5. The van der Waals surface area contributed by atoms with Crippen molar-refractivity contribution >= 4 is 17.9 Å². The summed E-state index contributed by atoms with van der Waals surface area (Å²) in [6.45, 7) is 3.08. The van der Waals surface area contributed by atoms with E-state index in [0.29, 0.717) is 0 Å². The molecular weight excluding hydrogens is 392 g/mol. The molecule has 11 nitrogen and oxygen atoms in total. The van der Waals surface area contributed by atoms with Crippen LogP contribution in [0.4, 0.5) is 0 Å². The normalized spacial score (nSPS) is 16.2. The Morgan fingerprint density at radius 3 is 1.59 bits per heavy atom. The molecule has 0 saturated heterocycles. The minimum atomic E-state index is -1.15. The number of hydrogen-bond acceptors (Lipinski definition) is 11. The van der Waals surface area contributed by atoms with Gasteiger partial charge in [-0.15, -0.1) is 0 Å². The minimum Gasteiger partial charge on any atom is -0.463 e. The number of carbonyl (C=O) groups is 3. The molecule has 0 rings (SSSR count). The van der Waals surface area contributed by atoms with Crippen LogP contribution in [-0.4, -0.2) is 95.3 Å². The Hall–Kier alpha value is -1.79. The summed E-state index contributed by atoms with van der Waals surface area (Å²) in [7, 11) is 0. The van der Waals surface area contributed by atoms with Gasteiger partial charge in [-0.2, -0.15) is 0 Å². The van der Waals surface area contributed by atoms with Gasteiger partial charge in [0.15, 0.2) is 6.10 Å². The zero-order chi connectivity index (χ0) is 22.4. The van der Waals surface area contributed by atoms with Crippen LogP contribution < -0.4 is 0 Å². The van der Waals surface area contributed by atoms with Gasteiger partial charge in [-0.05, 0) is 20.8 Å². The van der Waals surface area contributed by atoms with Gasteiger partial charge in [0.1, 0.15) is 19.3 Å². The quantitative estimate of drug-likeness (QED) is 0.181. The van der Waals surface area contributed by atoms with Gasteiger partial charge in [0.25, 0.3) is 0 Å². The van der Waals surface area contributed by atoms with Crippen molar-refractivity contribution in [1.82, 2.24) is 0 Å². The molecule has 0 aliphatic carbocycles. The fraction of sp³-hybridized carbons (Fsp3) is 0.833. The highest BCUT2D eigenvalue weighted by Gasteiger charge is 2.20. The van der Waals surface area contributed by atoms with Gasteiger partial charge < -0.3 is 39.4 Å². The first-order valence-corrected chi connectivity index (χ1v) is 9.30. The van der Waals surface area contributed by atoms with E-state index < -0.39 is 48.4 Å². The van der Waals surface area contributed by atoms with Gasteiger partial charge in [0, 0.05) is 0 Å². The SMILES string of the molecule is CC(O)CC(=O)OCC(O)COCC(COC(=O)CC(C)O)OC(=O)CC(C)O. The topological polar surface area (TPSA) is 169 Å². The standard InChI is InChI=1S/C18H32O11/c1-11(19)4-16(23)27-8-14(22)7-26-9-15(29-18(25)6-13(3)21)10-28-17(24)5-12(2)20/h11-15,19-22H,4-10H2,1-3H3. The summed E-state index contributed by atoms with van der Waals surface area (Å²) < 4.78 is 20.0. The lowest BCUT2D eigenvalue weighted by molar-refractivity contribution is -0.166. The average molecular weight is 424 g/mol. The predicted octanol–water partition coefficient (Wildman–Crippen LogP) is -1.33. The van der Waals surface area contributed by atoms with Gasteiger partial charge in [0.05, 0.1) is 50.8 Å². The van der Waals surface area contributed by atoms with Crippen LogP contribution in [0.3, 0.4) is 0 Å². The second kappa shape index (κ2) is 15.1. The van der Waals surface area contributed by atoms with Crippen LogP contribution in [0.5, 0.6) is 0 Å². The number of rotatable bonds is 15. The van der Waals surface area contributed by atoms with Crippen molar-refractivity contribution in [2.75, 3.05) is 26.4 Å². The third-order valence-electron chi connectivity index (χ3n) is 3.17. The van der Waals surface area contributed by atoms with E-state index >= 15 is 0 Å². The average Bonchev–Trinajstić information content (AvgIpc) is 2.55. The molecule has 0 aromatic carbocycles. The molecule has 0 saturated carbocycles. The first kappa shape index (κ1) is 27.2. The number of ether oxygens (including phenoxy) is 4. The van der Waals surface area contributed by atoms with Crippen molar-refractivity contribution in [1.29, 1.82) is 0 Å². The number of carbonyl (C=O) groups excluding carboxylic acids is 3. The van der Waals surface area contributed by atoms with E-state index in [4.69, 9.17) is 29.2 Å². The predicted molar refractivity (Wildman–Crippen MR) is 97.5 cm³/mol. The van der Waals surface area contributed by atoms with E-state index in [2.05, 4.69) is 0 Å². The Bertz CT molecular complexity index is 490. The van der Waals surface area contributed by atoms with E-state index in [1.165, 1.54) is 20.8 Å². The van der Waals surface area contributed by atoms with E-state index in [1.807, 2.05) is 0 Å². The highest BCUT2D eigenvalue weighted by molar-refractivity contribution is 5.71. The zero-order valence-electron chi connectivity index (χ0n) is 17.0. The molecule has 0 spiro atoms. The summed E-state index contributed by atoms with van der Waals surface area (Å²) >= 11 is 0. The van der Waals surface area contributed by atoms with Crippen LogP contribution in [0.1, 0.15) is 40.0 Å². The minimum absolute atomic E-state index is 0.202. The maximum atomic E-state index is 11.7. The van der Waals surface area contributed by atoms with Gasteiger partial charge in [-0.1, -0.05) is 0 Å². The summed E-state index contributed by atoms with van der Waals surface area (Å²) in [6.07, 6.45) is -5.51. The number of hydrogen-bond donors (Lipinski definition) is 4. The molecule has 0 aliphatic heterocycles. The molecule has 4 N–H and O–H groups in total. The Morgan fingerprint density at radius 2 is 1.10 bits per heavy atom. The molecule has 0 bridgehead atoms. The van der Waals surface area contributed by atoms with Crippen molar-refractivity contribution in [3.8, 4) is 0 Å². The fourth-order valence-electron chi connectivity index (χ4n) is 1.95. The van der Waals surface area contributed by atoms with Crippen molar-refractivity contribution < 1.29 is 53.8 Å². The van der Waals surface area contributed by atoms with Crippen molar-refractivity contribution in [2.45, 2.75) is 70.6 Å². The second-order valence-corrected chi connectivity index (χ2v) is 6.83. The van der Waals surface area contributed by atoms with Gasteiger partial charge >= 0.3 is 17.9 Å². The lowest BCUT2D eigenvalue weighted by Gasteiger charge is -2.20. The molecule has 0 fully saturated rings. The highest BCUT2D eigenvalue weighted by Crippen LogP contribution is 2.04. The molecule has 29 heavy (non-hydrogen) atoms. The molecule has 0 amide bonds. The molecule has 170 valence electrons. The maximum absolute atomic E-state index is 11.7. The summed E-state index contributed by atoms with van der Waals surface area (Å²) in [6, 6.07) is 0. The summed E-state index contributed by atoms with van der Waals surface area (Å²) in [5.74, 6) is -2.09. The van der Waals surface area contributed by atoms with E-state index in [9.17, 15) is 24.6 Å². The number of aliphatic hydroxyl groups excluding tert-OH is 4. The Labute approximate surface area is 169 Å².